The lowest BCUT2D eigenvalue weighted by atomic mass is 10.1. The molecule has 6 heteroatoms. The normalized spacial score (nSPS) is 9.95. The molecule has 2 aromatic rings. The fourth-order valence-electron chi connectivity index (χ4n) is 1.92. The summed E-state index contributed by atoms with van der Waals surface area (Å²) in [7, 11) is 2.93. The van der Waals surface area contributed by atoms with Crippen LogP contribution >= 0.6 is 0 Å². The molecule has 2 amide bonds. The van der Waals surface area contributed by atoms with Crippen molar-refractivity contribution in [1.82, 2.24) is 5.32 Å². The molecular formula is C16H15FN2O3. The van der Waals surface area contributed by atoms with Crippen LogP contribution in [0, 0.1) is 5.82 Å². The van der Waals surface area contributed by atoms with Gasteiger partial charge in [0.25, 0.3) is 11.8 Å². The zero-order valence-corrected chi connectivity index (χ0v) is 12.1. The maximum absolute atomic E-state index is 13.6. The van der Waals surface area contributed by atoms with Crippen LogP contribution < -0.4 is 15.4 Å². The maximum Gasteiger partial charge on any atom is 0.258 e. The van der Waals surface area contributed by atoms with E-state index in [1.807, 2.05) is 0 Å². The smallest absolute Gasteiger partial charge is 0.258 e. The van der Waals surface area contributed by atoms with E-state index in [2.05, 4.69) is 10.6 Å². The summed E-state index contributed by atoms with van der Waals surface area (Å²) in [6.45, 7) is 0. The Morgan fingerprint density at radius 2 is 1.82 bits per heavy atom. The van der Waals surface area contributed by atoms with Crippen LogP contribution in [0.2, 0.25) is 0 Å². The average molecular weight is 302 g/mol. The van der Waals surface area contributed by atoms with Crippen LogP contribution in [0.3, 0.4) is 0 Å². The number of benzene rings is 2. The first kappa shape index (κ1) is 15.5. The number of anilines is 1. The lowest BCUT2D eigenvalue weighted by Gasteiger charge is -2.12. The van der Waals surface area contributed by atoms with Gasteiger partial charge in [0.2, 0.25) is 0 Å². The van der Waals surface area contributed by atoms with Gasteiger partial charge in [-0.2, -0.15) is 0 Å². The fourth-order valence-corrected chi connectivity index (χ4v) is 1.92. The molecule has 114 valence electrons. The highest BCUT2D eigenvalue weighted by Gasteiger charge is 2.14. The summed E-state index contributed by atoms with van der Waals surface area (Å²) in [5.41, 5.74) is 0.673. The molecule has 0 atom stereocenters. The Bertz CT molecular complexity index is 716. The maximum atomic E-state index is 13.6. The highest BCUT2D eigenvalue weighted by atomic mass is 19.1. The summed E-state index contributed by atoms with van der Waals surface area (Å²) in [5.74, 6) is -1.17. The van der Waals surface area contributed by atoms with Gasteiger partial charge in [0, 0.05) is 12.6 Å². The summed E-state index contributed by atoms with van der Waals surface area (Å²) < 4.78 is 18.8. The minimum Gasteiger partial charge on any atom is -0.495 e. The molecule has 2 rings (SSSR count). The van der Waals surface area contributed by atoms with Gasteiger partial charge in [-0.1, -0.05) is 12.1 Å². The van der Waals surface area contributed by atoms with Crippen LogP contribution in [-0.2, 0) is 0 Å². The van der Waals surface area contributed by atoms with Crippen molar-refractivity contribution in [3.05, 3.63) is 59.4 Å². The number of methoxy groups -OCH3 is 1. The van der Waals surface area contributed by atoms with E-state index in [0.717, 1.165) is 0 Å². The summed E-state index contributed by atoms with van der Waals surface area (Å²) in [6.07, 6.45) is 0. The van der Waals surface area contributed by atoms with E-state index in [1.165, 1.54) is 50.6 Å². The third-order valence-electron chi connectivity index (χ3n) is 3.06. The predicted octanol–water partition coefficient (Wildman–Crippen LogP) is 2.45. The zero-order chi connectivity index (χ0) is 16.1. The van der Waals surface area contributed by atoms with Gasteiger partial charge in [-0.15, -0.1) is 0 Å². The largest absolute Gasteiger partial charge is 0.495 e. The van der Waals surface area contributed by atoms with Gasteiger partial charge in [-0.05, 0) is 30.3 Å². The standard InChI is InChI=1S/C16H15FN2O3/c1-18-15(20)10-7-8-13(14(9-10)22-2)19-16(21)11-5-3-4-6-12(11)17/h3-9H,1-2H3,(H,18,20)(H,19,21). The first-order valence-electron chi connectivity index (χ1n) is 6.52. The van der Waals surface area contributed by atoms with E-state index in [4.69, 9.17) is 4.74 Å². The van der Waals surface area contributed by atoms with Crippen molar-refractivity contribution in [3.63, 3.8) is 0 Å². The average Bonchev–Trinajstić information content (AvgIpc) is 2.54. The highest BCUT2D eigenvalue weighted by Crippen LogP contribution is 2.26. The number of carbonyl (C=O) groups is 2. The number of hydrogen-bond acceptors (Lipinski definition) is 3. The van der Waals surface area contributed by atoms with Crippen molar-refractivity contribution in [2.75, 3.05) is 19.5 Å². The van der Waals surface area contributed by atoms with E-state index in [1.54, 1.807) is 6.07 Å². The number of carbonyl (C=O) groups excluding carboxylic acids is 2. The molecule has 5 nitrogen and oxygen atoms in total. The molecule has 2 N–H and O–H groups in total. The summed E-state index contributed by atoms with van der Waals surface area (Å²) in [6, 6.07) is 10.2. The van der Waals surface area contributed by atoms with Crippen molar-refractivity contribution in [2.24, 2.45) is 0 Å². The Morgan fingerprint density at radius 3 is 2.45 bits per heavy atom. The van der Waals surface area contributed by atoms with Crippen LogP contribution in [0.5, 0.6) is 5.75 Å². The molecule has 0 spiro atoms. The van der Waals surface area contributed by atoms with Gasteiger partial charge >= 0.3 is 0 Å². The first-order valence-corrected chi connectivity index (χ1v) is 6.52. The summed E-state index contributed by atoms with van der Waals surface area (Å²) in [5, 5.41) is 5.06. The Hall–Kier alpha value is -2.89. The van der Waals surface area contributed by atoms with Crippen LogP contribution in [0.1, 0.15) is 20.7 Å². The van der Waals surface area contributed by atoms with Gasteiger partial charge in [0.05, 0.1) is 18.4 Å². The Balaban J connectivity index is 2.28. The molecule has 0 heterocycles. The molecule has 0 radical (unpaired) electrons. The van der Waals surface area contributed by atoms with Crippen LogP contribution in [0.4, 0.5) is 10.1 Å². The number of halogens is 1. The Morgan fingerprint density at radius 1 is 1.09 bits per heavy atom. The Kier molecular flexibility index (Phi) is 4.73. The van der Waals surface area contributed by atoms with Crippen molar-refractivity contribution in [1.29, 1.82) is 0 Å². The first-order chi connectivity index (χ1) is 10.6. The fraction of sp³-hybridized carbons (Fsp3) is 0.125. The summed E-state index contributed by atoms with van der Waals surface area (Å²) >= 11 is 0. The molecule has 0 fully saturated rings. The van der Waals surface area contributed by atoms with Crippen LogP contribution in [0.25, 0.3) is 0 Å². The second kappa shape index (κ2) is 6.71. The highest BCUT2D eigenvalue weighted by molar-refractivity contribution is 6.05. The molecule has 0 bridgehead atoms. The predicted molar refractivity (Wildman–Crippen MR) is 80.7 cm³/mol. The van der Waals surface area contributed by atoms with Gasteiger partial charge in [-0.3, -0.25) is 9.59 Å². The topological polar surface area (TPSA) is 67.4 Å². The van der Waals surface area contributed by atoms with E-state index in [0.29, 0.717) is 17.0 Å². The number of rotatable bonds is 4. The zero-order valence-electron chi connectivity index (χ0n) is 12.1. The third kappa shape index (κ3) is 3.22. The molecule has 0 unspecified atom stereocenters. The lowest BCUT2D eigenvalue weighted by Crippen LogP contribution is -2.18. The van der Waals surface area contributed by atoms with Crippen LogP contribution in [-0.4, -0.2) is 26.0 Å². The van der Waals surface area contributed by atoms with E-state index < -0.39 is 11.7 Å². The van der Waals surface area contributed by atoms with Crippen LogP contribution in [0.15, 0.2) is 42.5 Å². The van der Waals surface area contributed by atoms with Crippen molar-refractivity contribution >= 4 is 17.5 Å². The van der Waals surface area contributed by atoms with Gasteiger partial charge in [0.1, 0.15) is 11.6 Å². The van der Waals surface area contributed by atoms with Crippen molar-refractivity contribution < 1.29 is 18.7 Å². The van der Waals surface area contributed by atoms with E-state index in [9.17, 15) is 14.0 Å². The molecule has 0 aliphatic heterocycles. The molecule has 0 saturated heterocycles. The van der Waals surface area contributed by atoms with Crippen molar-refractivity contribution in [3.8, 4) is 5.75 Å². The van der Waals surface area contributed by atoms with Gasteiger partial charge < -0.3 is 15.4 Å². The molecule has 22 heavy (non-hydrogen) atoms. The molecule has 0 aromatic heterocycles. The quantitative estimate of drug-likeness (QED) is 0.911. The number of hydrogen-bond donors (Lipinski definition) is 2. The molecular weight excluding hydrogens is 287 g/mol. The lowest BCUT2D eigenvalue weighted by molar-refractivity contribution is 0.0962. The Labute approximate surface area is 127 Å². The molecule has 0 aliphatic rings. The second-order valence-corrected chi connectivity index (χ2v) is 4.43. The minimum atomic E-state index is -0.610. The van der Waals surface area contributed by atoms with Gasteiger partial charge in [0.15, 0.2) is 0 Å². The minimum absolute atomic E-state index is 0.0695. The van der Waals surface area contributed by atoms with Gasteiger partial charge in [-0.25, -0.2) is 4.39 Å². The number of amides is 2. The van der Waals surface area contributed by atoms with E-state index in [-0.39, 0.29) is 11.5 Å². The SMILES string of the molecule is CNC(=O)c1ccc(NC(=O)c2ccccc2F)c(OC)c1. The summed E-state index contributed by atoms with van der Waals surface area (Å²) in [4.78, 5) is 23.7. The molecule has 2 aromatic carbocycles. The van der Waals surface area contributed by atoms with E-state index >= 15 is 0 Å². The third-order valence-corrected chi connectivity index (χ3v) is 3.06. The van der Waals surface area contributed by atoms with Crippen molar-refractivity contribution in [2.45, 2.75) is 0 Å². The molecule has 0 aliphatic carbocycles. The monoisotopic (exact) mass is 302 g/mol. The number of ether oxygens (including phenoxy) is 1. The molecule has 0 saturated carbocycles. The second-order valence-electron chi connectivity index (χ2n) is 4.43. The number of nitrogens with one attached hydrogen (secondary N) is 2.